The van der Waals surface area contributed by atoms with Gasteiger partial charge >= 0.3 is 0 Å². The van der Waals surface area contributed by atoms with Gasteiger partial charge in [-0.15, -0.1) is 21.5 Å². The highest BCUT2D eigenvalue weighted by Crippen LogP contribution is 2.19. The van der Waals surface area contributed by atoms with Crippen molar-refractivity contribution in [3.8, 4) is 0 Å². The predicted octanol–water partition coefficient (Wildman–Crippen LogP) is 3.36. The van der Waals surface area contributed by atoms with Crippen LogP contribution >= 0.6 is 23.1 Å². The maximum absolute atomic E-state index is 12.4. The number of amides is 1. The molecular weight excluding hydrogens is 368 g/mol. The zero-order valence-corrected chi connectivity index (χ0v) is 16.1. The lowest BCUT2D eigenvalue weighted by atomic mass is 10.1. The lowest BCUT2D eigenvalue weighted by molar-refractivity contribution is -0.121. The van der Waals surface area contributed by atoms with Crippen LogP contribution < -0.4 is 5.32 Å². The largest absolute Gasteiger partial charge is 0.346 e. The van der Waals surface area contributed by atoms with Crippen LogP contribution in [0.4, 0.5) is 0 Å². The summed E-state index contributed by atoms with van der Waals surface area (Å²) in [6, 6.07) is 9.08. The van der Waals surface area contributed by atoms with Crippen LogP contribution in [0.1, 0.15) is 40.8 Å². The molecule has 1 N–H and O–H groups in total. The van der Waals surface area contributed by atoms with Gasteiger partial charge in [0.15, 0.2) is 17.3 Å². The van der Waals surface area contributed by atoms with E-state index in [9.17, 15) is 9.59 Å². The van der Waals surface area contributed by atoms with E-state index in [1.54, 1.807) is 17.8 Å². The van der Waals surface area contributed by atoms with E-state index in [1.807, 2.05) is 46.5 Å². The summed E-state index contributed by atoms with van der Waals surface area (Å²) >= 11 is 3.12. The lowest BCUT2D eigenvalue weighted by Gasteiger charge is -2.17. The molecule has 0 saturated heterocycles. The van der Waals surface area contributed by atoms with Crippen LogP contribution in [-0.2, 0) is 4.79 Å². The fourth-order valence-electron chi connectivity index (χ4n) is 2.65. The van der Waals surface area contributed by atoms with Gasteiger partial charge in [0, 0.05) is 19.0 Å². The molecule has 1 atom stereocenters. The van der Waals surface area contributed by atoms with Crippen LogP contribution in [0.2, 0.25) is 0 Å². The van der Waals surface area contributed by atoms with Crippen molar-refractivity contribution in [2.45, 2.75) is 25.3 Å². The number of thiophene rings is 1. The number of carbonyl (C=O) groups excluding carboxylic acids is 2. The smallest absolute Gasteiger partial charge is 0.221 e. The monoisotopic (exact) mass is 388 g/mol. The summed E-state index contributed by atoms with van der Waals surface area (Å²) in [5.41, 5.74) is 0.749. The number of pyridine rings is 1. The Bertz CT molecular complexity index is 876. The van der Waals surface area contributed by atoms with Crippen LogP contribution in [0, 0.1) is 0 Å². The van der Waals surface area contributed by atoms with E-state index in [4.69, 9.17) is 0 Å². The van der Waals surface area contributed by atoms with Crippen molar-refractivity contribution in [3.63, 3.8) is 0 Å². The molecule has 3 rings (SSSR count). The van der Waals surface area contributed by atoms with Gasteiger partial charge in [-0.3, -0.25) is 14.0 Å². The van der Waals surface area contributed by atoms with E-state index in [2.05, 4.69) is 15.5 Å². The summed E-state index contributed by atoms with van der Waals surface area (Å²) in [6.45, 7) is 0. The molecule has 0 aromatic carbocycles. The Morgan fingerprint density at radius 1 is 1.23 bits per heavy atom. The number of nitrogens with one attached hydrogen (secondary N) is 1. The van der Waals surface area contributed by atoms with Gasteiger partial charge in [-0.2, -0.15) is 11.8 Å². The SMILES string of the molecule is CSCC[C@H](NC(=O)CCC(=O)c1cccs1)c1nnc2ccccn12. The predicted molar refractivity (Wildman–Crippen MR) is 105 cm³/mol. The summed E-state index contributed by atoms with van der Waals surface area (Å²) in [5, 5.41) is 13.3. The highest BCUT2D eigenvalue weighted by Gasteiger charge is 2.20. The van der Waals surface area contributed by atoms with Gasteiger partial charge in [-0.25, -0.2) is 0 Å². The topological polar surface area (TPSA) is 76.4 Å². The minimum absolute atomic E-state index is 0.00346. The average molecular weight is 389 g/mol. The Labute approximate surface area is 160 Å². The van der Waals surface area contributed by atoms with Gasteiger partial charge in [0.25, 0.3) is 0 Å². The quantitative estimate of drug-likeness (QED) is 0.569. The fourth-order valence-corrected chi connectivity index (χ4v) is 3.82. The van der Waals surface area contributed by atoms with E-state index in [0.717, 1.165) is 17.8 Å². The van der Waals surface area contributed by atoms with E-state index < -0.39 is 0 Å². The minimum atomic E-state index is -0.232. The van der Waals surface area contributed by atoms with Crippen LogP contribution in [0.25, 0.3) is 5.65 Å². The Hall–Kier alpha value is -2.19. The Balaban J connectivity index is 1.66. The van der Waals surface area contributed by atoms with Crippen LogP contribution in [0.15, 0.2) is 41.9 Å². The molecule has 1 amide bonds. The number of hydrogen-bond acceptors (Lipinski definition) is 6. The molecule has 0 radical (unpaired) electrons. The van der Waals surface area contributed by atoms with Crippen molar-refractivity contribution in [1.82, 2.24) is 19.9 Å². The van der Waals surface area contributed by atoms with Gasteiger partial charge in [0.1, 0.15) is 0 Å². The number of aromatic nitrogens is 3. The summed E-state index contributed by atoms with van der Waals surface area (Å²) in [7, 11) is 0. The van der Waals surface area contributed by atoms with Gasteiger partial charge in [0.2, 0.25) is 5.91 Å². The van der Waals surface area contributed by atoms with Crippen LogP contribution in [0.5, 0.6) is 0 Å². The third kappa shape index (κ3) is 4.50. The van der Waals surface area contributed by atoms with Crippen molar-refractivity contribution in [2.75, 3.05) is 12.0 Å². The number of rotatable bonds is 9. The number of thioether (sulfide) groups is 1. The standard InChI is InChI=1S/C18H20N4O2S2/c1-25-12-9-13(18-21-20-16-6-2-3-10-22(16)18)19-17(24)8-7-14(23)15-5-4-11-26-15/h2-6,10-11,13H,7-9,12H2,1H3,(H,19,24)/t13-/m0/s1. The first-order valence-corrected chi connectivity index (χ1v) is 10.6. The first kappa shape index (κ1) is 18.6. The molecule has 6 nitrogen and oxygen atoms in total. The Kier molecular flexibility index (Phi) is 6.40. The Morgan fingerprint density at radius 2 is 2.12 bits per heavy atom. The number of fused-ring (bicyclic) bond motifs is 1. The zero-order valence-electron chi connectivity index (χ0n) is 14.4. The molecule has 0 aliphatic carbocycles. The summed E-state index contributed by atoms with van der Waals surface area (Å²) in [5.74, 6) is 1.46. The molecule has 0 saturated carbocycles. The maximum atomic E-state index is 12.4. The molecular formula is C18H20N4O2S2. The number of Topliss-reactive ketones (excluding diaryl/α,β-unsaturated/α-hetero) is 1. The molecule has 0 fully saturated rings. The lowest BCUT2D eigenvalue weighted by Crippen LogP contribution is -2.30. The molecule has 0 aliphatic rings. The third-order valence-electron chi connectivity index (χ3n) is 3.97. The van der Waals surface area contributed by atoms with Crippen molar-refractivity contribution in [3.05, 3.63) is 52.6 Å². The molecule has 3 heterocycles. The molecule has 0 unspecified atom stereocenters. The van der Waals surface area contributed by atoms with Gasteiger partial charge in [0.05, 0.1) is 10.9 Å². The van der Waals surface area contributed by atoms with Crippen molar-refractivity contribution >= 4 is 40.4 Å². The van der Waals surface area contributed by atoms with Crippen molar-refractivity contribution in [2.24, 2.45) is 0 Å². The third-order valence-corrected chi connectivity index (χ3v) is 5.53. The first-order valence-electron chi connectivity index (χ1n) is 8.33. The van der Waals surface area contributed by atoms with Crippen LogP contribution in [0.3, 0.4) is 0 Å². The van der Waals surface area contributed by atoms with E-state index in [-0.39, 0.29) is 30.6 Å². The van der Waals surface area contributed by atoms with Crippen molar-refractivity contribution < 1.29 is 9.59 Å². The highest BCUT2D eigenvalue weighted by atomic mass is 32.2. The Morgan fingerprint density at radius 3 is 2.88 bits per heavy atom. The molecule has 0 spiro atoms. The first-order chi connectivity index (χ1) is 12.7. The number of ketones is 1. The van der Waals surface area contributed by atoms with Crippen LogP contribution in [-0.4, -0.2) is 38.3 Å². The molecule has 3 aromatic rings. The molecule has 136 valence electrons. The molecule has 3 aromatic heterocycles. The second-order valence-corrected chi connectivity index (χ2v) is 7.72. The van der Waals surface area contributed by atoms with Gasteiger partial charge in [-0.05, 0) is 42.0 Å². The second kappa shape index (κ2) is 8.95. The summed E-state index contributed by atoms with van der Waals surface area (Å²) in [4.78, 5) is 25.2. The highest BCUT2D eigenvalue weighted by molar-refractivity contribution is 7.98. The normalized spacial score (nSPS) is 12.2. The number of nitrogens with zero attached hydrogens (tertiary/aromatic N) is 3. The van der Waals surface area contributed by atoms with E-state index in [1.165, 1.54) is 11.3 Å². The molecule has 0 aliphatic heterocycles. The van der Waals surface area contributed by atoms with Gasteiger partial charge in [-0.1, -0.05) is 12.1 Å². The second-order valence-electron chi connectivity index (χ2n) is 5.79. The molecule has 26 heavy (non-hydrogen) atoms. The number of hydrogen-bond donors (Lipinski definition) is 1. The van der Waals surface area contributed by atoms with E-state index in [0.29, 0.717) is 10.7 Å². The van der Waals surface area contributed by atoms with E-state index >= 15 is 0 Å². The number of carbonyl (C=O) groups is 2. The summed E-state index contributed by atoms with van der Waals surface area (Å²) < 4.78 is 1.89. The summed E-state index contributed by atoms with van der Waals surface area (Å²) in [6.07, 6.45) is 5.05. The molecule has 8 heteroatoms. The maximum Gasteiger partial charge on any atom is 0.221 e. The minimum Gasteiger partial charge on any atom is -0.346 e. The average Bonchev–Trinajstić information content (AvgIpc) is 3.33. The molecule has 0 bridgehead atoms. The fraction of sp³-hybridized carbons (Fsp3) is 0.333. The van der Waals surface area contributed by atoms with Gasteiger partial charge < -0.3 is 5.32 Å². The van der Waals surface area contributed by atoms with Crippen molar-refractivity contribution in [1.29, 1.82) is 0 Å². The zero-order chi connectivity index (χ0) is 18.4.